The highest BCUT2D eigenvalue weighted by molar-refractivity contribution is 5.34. The molecule has 0 aliphatic heterocycles. The summed E-state index contributed by atoms with van der Waals surface area (Å²) in [5.74, 6) is 0. The molecule has 0 bridgehead atoms. The summed E-state index contributed by atoms with van der Waals surface area (Å²) in [6, 6.07) is 4.99. The molecule has 0 heterocycles. The van der Waals surface area contributed by atoms with E-state index in [0.29, 0.717) is 5.56 Å². The van der Waals surface area contributed by atoms with Gasteiger partial charge in [-0.1, -0.05) is 24.3 Å². The molecule has 0 amide bonds. The molecule has 5 heteroatoms. The van der Waals surface area contributed by atoms with E-state index in [4.69, 9.17) is 0 Å². The number of rotatable bonds is 3. The van der Waals surface area contributed by atoms with E-state index >= 15 is 0 Å². The van der Waals surface area contributed by atoms with Crippen LogP contribution in [0.3, 0.4) is 0 Å². The fourth-order valence-corrected chi connectivity index (χ4v) is 1.15. The monoisotopic (exact) mass is 227 g/mol. The van der Waals surface area contributed by atoms with E-state index in [1.54, 1.807) is 6.07 Å². The minimum absolute atomic E-state index is 0.287. The van der Waals surface area contributed by atoms with Gasteiger partial charge in [-0.2, -0.15) is 18.2 Å². The van der Waals surface area contributed by atoms with Crippen LogP contribution in [0.25, 0.3) is 0 Å². The summed E-state index contributed by atoms with van der Waals surface area (Å²) in [7, 11) is 0. The van der Waals surface area contributed by atoms with Crippen LogP contribution in [-0.2, 0) is 17.4 Å². The Bertz CT molecular complexity index is 431. The molecule has 0 saturated carbocycles. The second-order valence-corrected chi connectivity index (χ2v) is 3.01. The van der Waals surface area contributed by atoms with Crippen molar-refractivity contribution in [2.75, 3.05) is 0 Å². The largest absolute Gasteiger partial charge is 0.416 e. The van der Waals surface area contributed by atoms with E-state index in [2.05, 4.69) is 4.99 Å². The van der Waals surface area contributed by atoms with Gasteiger partial charge >= 0.3 is 6.18 Å². The van der Waals surface area contributed by atoms with Crippen LogP contribution >= 0.6 is 0 Å². The normalized spacial score (nSPS) is 11.4. The predicted molar refractivity (Wildman–Crippen MR) is 52.4 cm³/mol. The Morgan fingerprint density at radius 2 is 2.12 bits per heavy atom. The molecular formula is C11H8F3NO. The molecular weight excluding hydrogens is 219 g/mol. The Kier molecular flexibility index (Phi) is 4.03. The lowest BCUT2D eigenvalue weighted by Crippen LogP contribution is -2.04. The molecule has 0 atom stereocenters. The first-order chi connectivity index (χ1) is 7.54. The number of nitrogens with zero attached hydrogens (tertiary/aromatic N) is 1. The van der Waals surface area contributed by atoms with E-state index in [9.17, 15) is 18.0 Å². The summed E-state index contributed by atoms with van der Waals surface area (Å²) in [6.07, 6.45) is -0.0599. The average molecular weight is 227 g/mol. The van der Waals surface area contributed by atoms with Crippen molar-refractivity contribution in [3.8, 4) is 0 Å². The van der Waals surface area contributed by atoms with Crippen molar-refractivity contribution in [3.05, 3.63) is 47.7 Å². The maximum Gasteiger partial charge on any atom is 0.416 e. The molecule has 0 saturated heterocycles. The number of hydrogen-bond acceptors (Lipinski definition) is 2. The summed E-state index contributed by atoms with van der Waals surface area (Å²) >= 11 is 0. The third-order valence-electron chi connectivity index (χ3n) is 1.84. The first kappa shape index (κ1) is 12.2. The van der Waals surface area contributed by atoms with Crippen LogP contribution in [0.2, 0.25) is 0 Å². The van der Waals surface area contributed by atoms with Crippen LogP contribution in [0.4, 0.5) is 13.2 Å². The van der Waals surface area contributed by atoms with Crippen molar-refractivity contribution in [1.29, 1.82) is 0 Å². The van der Waals surface area contributed by atoms with Gasteiger partial charge in [0.1, 0.15) is 0 Å². The number of isocyanates is 1. The van der Waals surface area contributed by atoms with Gasteiger partial charge in [0.15, 0.2) is 0 Å². The van der Waals surface area contributed by atoms with E-state index in [1.807, 2.05) is 0 Å². The zero-order valence-corrected chi connectivity index (χ0v) is 8.16. The minimum Gasteiger partial charge on any atom is -0.211 e. The van der Waals surface area contributed by atoms with Crippen LogP contribution < -0.4 is 0 Å². The number of alkyl halides is 3. The van der Waals surface area contributed by atoms with Crippen LogP contribution in [0.15, 0.2) is 41.5 Å². The summed E-state index contributed by atoms with van der Waals surface area (Å²) in [5, 5.41) is 0. The molecule has 0 fully saturated rings. The van der Waals surface area contributed by atoms with Crippen LogP contribution in [0.1, 0.15) is 11.1 Å². The molecule has 0 aromatic heterocycles. The molecule has 84 valence electrons. The highest BCUT2D eigenvalue weighted by atomic mass is 19.4. The predicted octanol–water partition coefficient (Wildman–Crippen LogP) is 3.10. The lowest BCUT2D eigenvalue weighted by atomic mass is 10.1. The second kappa shape index (κ2) is 5.28. The lowest BCUT2D eigenvalue weighted by molar-refractivity contribution is -0.137. The molecule has 1 rings (SSSR count). The second-order valence-electron chi connectivity index (χ2n) is 3.01. The third-order valence-corrected chi connectivity index (χ3v) is 1.84. The van der Waals surface area contributed by atoms with Gasteiger partial charge in [-0.25, -0.2) is 4.79 Å². The van der Waals surface area contributed by atoms with Crippen LogP contribution in [0, 0.1) is 0 Å². The molecule has 1 aromatic rings. The van der Waals surface area contributed by atoms with Gasteiger partial charge in [-0.15, -0.1) is 0 Å². The average Bonchev–Trinajstić information content (AvgIpc) is 2.24. The number of hydrogen-bond donors (Lipinski definition) is 0. The first-order valence-electron chi connectivity index (χ1n) is 4.42. The third kappa shape index (κ3) is 3.71. The van der Waals surface area contributed by atoms with Crippen molar-refractivity contribution in [3.63, 3.8) is 0 Å². The van der Waals surface area contributed by atoms with Crippen molar-refractivity contribution in [1.82, 2.24) is 0 Å². The zero-order valence-electron chi connectivity index (χ0n) is 8.16. The Morgan fingerprint density at radius 3 is 2.75 bits per heavy atom. The Hall–Kier alpha value is -1.87. The zero-order chi connectivity index (χ0) is 12.0. The van der Waals surface area contributed by atoms with E-state index in [-0.39, 0.29) is 6.42 Å². The summed E-state index contributed by atoms with van der Waals surface area (Å²) in [4.78, 5) is 12.9. The van der Waals surface area contributed by atoms with Gasteiger partial charge in [0.25, 0.3) is 0 Å². The Balaban J connectivity index is 2.79. The minimum atomic E-state index is -4.33. The summed E-state index contributed by atoms with van der Waals surface area (Å²) in [5.41, 5.74) is -0.176. The van der Waals surface area contributed by atoms with Crippen LogP contribution in [-0.4, -0.2) is 6.08 Å². The van der Waals surface area contributed by atoms with Gasteiger partial charge < -0.3 is 0 Å². The summed E-state index contributed by atoms with van der Waals surface area (Å²) < 4.78 is 37.0. The van der Waals surface area contributed by atoms with Crippen LogP contribution in [0.5, 0.6) is 0 Å². The van der Waals surface area contributed by atoms with Crippen molar-refractivity contribution >= 4 is 6.08 Å². The molecule has 0 unspecified atom stereocenters. The van der Waals surface area contributed by atoms with Crippen molar-refractivity contribution in [2.45, 2.75) is 12.6 Å². The fraction of sp³-hybridized carbons (Fsp3) is 0.182. The molecule has 0 aliphatic carbocycles. The number of aliphatic imine (C=N–C) groups is 1. The van der Waals surface area contributed by atoms with E-state index in [1.165, 1.54) is 24.4 Å². The molecule has 0 spiro atoms. The topological polar surface area (TPSA) is 29.4 Å². The van der Waals surface area contributed by atoms with Crippen molar-refractivity contribution in [2.24, 2.45) is 4.99 Å². The fourth-order valence-electron chi connectivity index (χ4n) is 1.15. The van der Waals surface area contributed by atoms with Crippen molar-refractivity contribution < 1.29 is 18.0 Å². The molecule has 0 radical (unpaired) electrons. The smallest absolute Gasteiger partial charge is 0.211 e. The number of benzene rings is 1. The van der Waals surface area contributed by atoms with E-state index < -0.39 is 11.7 Å². The molecule has 16 heavy (non-hydrogen) atoms. The van der Waals surface area contributed by atoms with Gasteiger partial charge in [0.05, 0.1) is 5.56 Å². The molecule has 2 nitrogen and oxygen atoms in total. The van der Waals surface area contributed by atoms with Gasteiger partial charge in [-0.3, -0.25) is 0 Å². The lowest BCUT2D eigenvalue weighted by Gasteiger charge is -2.07. The Morgan fingerprint density at radius 1 is 1.38 bits per heavy atom. The van der Waals surface area contributed by atoms with Gasteiger partial charge in [0, 0.05) is 6.20 Å². The quantitative estimate of drug-likeness (QED) is 0.576. The SMILES string of the molecule is O=C=N/C=C\Cc1cccc(C(F)(F)F)c1. The van der Waals surface area contributed by atoms with Gasteiger partial charge in [-0.05, 0) is 18.1 Å². The summed E-state index contributed by atoms with van der Waals surface area (Å²) in [6.45, 7) is 0. The molecule has 1 aromatic carbocycles. The Labute approximate surface area is 90.1 Å². The molecule has 0 N–H and O–H groups in total. The standard InChI is InChI=1S/C11H8F3NO/c12-11(13,14)10-5-1-3-9(7-10)4-2-6-15-8-16/h1-3,5-7H,4H2/b6-2-. The maximum absolute atomic E-state index is 12.3. The maximum atomic E-state index is 12.3. The first-order valence-corrected chi connectivity index (χ1v) is 4.42. The molecule has 0 aliphatic rings. The number of halogens is 3. The highest BCUT2D eigenvalue weighted by Gasteiger charge is 2.30. The number of carbonyl (C=O) groups excluding carboxylic acids is 1. The number of allylic oxidation sites excluding steroid dienone is 1. The highest BCUT2D eigenvalue weighted by Crippen LogP contribution is 2.29. The van der Waals surface area contributed by atoms with Gasteiger partial charge in [0.2, 0.25) is 6.08 Å². The van der Waals surface area contributed by atoms with E-state index in [0.717, 1.165) is 12.1 Å².